The summed E-state index contributed by atoms with van der Waals surface area (Å²) in [5.74, 6) is 0. The minimum atomic E-state index is -1.71. The van der Waals surface area contributed by atoms with Crippen LogP contribution in [0.15, 0.2) is 42.6 Å². The Kier molecular flexibility index (Phi) is 4.67. The number of rotatable bonds is 2. The first kappa shape index (κ1) is 16.7. The zero-order chi connectivity index (χ0) is 15.8. The summed E-state index contributed by atoms with van der Waals surface area (Å²) in [6.07, 6.45) is 6.22. The van der Waals surface area contributed by atoms with Crippen LogP contribution in [0.1, 0.15) is 26.3 Å². The van der Waals surface area contributed by atoms with Gasteiger partial charge in [-0.2, -0.15) is 11.5 Å². The third-order valence-electron chi connectivity index (χ3n) is 4.68. The first-order valence-electron chi connectivity index (χ1n) is 7.21. The Morgan fingerprint density at radius 1 is 1.10 bits per heavy atom. The van der Waals surface area contributed by atoms with Gasteiger partial charge in [-0.1, -0.05) is 63.7 Å². The molecule has 1 aromatic carbocycles. The second-order valence-corrected chi connectivity index (χ2v) is 13.0. The summed E-state index contributed by atoms with van der Waals surface area (Å²) in [6, 6.07) is 7.89. The van der Waals surface area contributed by atoms with Crippen LogP contribution in [-0.4, -0.2) is 19.0 Å². The summed E-state index contributed by atoms with van der Waals surface area (Å²) < 4.78 is 2.37. The van der Waals surface area contributed by atoms with Gasteiger partial charge in [0.05, 0.1) is 0 Å². The lowest BCUT2D eigenvalue weighted by atomic mass is 9.74. The van der Waals surface area contributed by atoms with Crippen molar-refractivity contribution in [3.8, 4) is 0 Å². The fourth-order valence-corrected chi connectivity index (χ4v) is 5.34. The lowest BCUT2D eigenvalue weighted by Crippen LogP contribution is -2.57. The molecule has 1 aromatic rings. The van der Waals surface area contributed by atoms with Gasteiger partial charge in [-0.3, -0.25) is 0 Å². The first-order valence-corrected chi connectivity index (χ1v) is 11.0. The van der Waals surface area contributed by atoms with Crippen molar-refractivity contribution in [2.24, 2.45) is 0 Å². The Hall–Kier alpha value is -0.638. The summed E-state index contributed by atoms with van der Waals surface area (Å²) in [7, 11) is -1.71. The van der Waals surface area contributed by atoms with Gasteiger partial charge < -0.3 is 4.48 Å². The highest BCUT2D eigenvalue weighted by Gasteiger charge is 2.45. The maximum absolute atomic E-state index is 6.82. The maximum Gasteiger partial charge on any atom is 0.387 e. The molecule has 0 fully saturated rings. The lowest BCUT2D eigenvalue weighted by Gasteiger charge is -2.48. The van der Waals surface area contributed by atoms with E-state index in [-0.39, 0.29) is 11.3 Å². The summed E-state index contributed by atoms with van der Waals surface area (Å²) in [5.41, 5.74) is 2.27. The second kappa shape index (κ2) is 5.87. The molecule has 1 heterocycles. The smallest absolute Gasteiger partial charge is 0.387 e. The highest BCUT2D eigenvalue weighted by atomic mass is 35.5. The van der Waals surface area contributed by atoms with Crippen LogP contribution < -0.4 is 0 Å². The third kappa shape index (κ3) is 3.25. The molecule has 0 N–H and O–H groups in total. The molecular weight excluding hydrogens is 316 g/mol. The van der Waals surface area contributed by atoms with Crippen LogP contribution in [0.25, 0.3) is 5.47 Å². The van der Waals surface area contributed by atoms with Crippen molar-refractivity contribution >= 4 is 43.0 Å². The van der Waals surface area contributed by atoms with E-state index in [0.717, 1.165) is 16.1 Å². The number of benzene rings is 1. The molecule has 0 unspecified atom stereocenters. The van der Waals surface area contributed by atoms with Crippen molar-refractivity contribution in [3.63, 3.8) is 0 Å². The lowest BCUT2D eigenvalue weighted by molar-refractivity contribution is 0.656. The molecule has 0 saturated carbocycles. The highest BCUT2D eigenvalue weighted by Crippen LogP contribution is 2.42. The molecule has 0 spiro atoms. The van der Waals surface area contributed by atoms with Crippen LogP contribution in [-0.2, 0) is 0 Å². The van der Waals surface area contributed by atoms with Gasteiger partial charge in [0.1, 0.15) is 8.24 Å². The van der Waals surface area contributed by atoms with E-state index in [4.69, 9.17) is 23.1 Å². The highest BCUT2D eigenvalue weighted by molar-refractivity contribution is 7.19. The molecule has 0 aliphatic carbocycles. The molecule has 1 nitrogen and oxygen atoms in total. The zero-order valence-corrected chi connectivity index (χ0v) is 15.8. The minimum Gasteiger partial charge on any atom is -0.431 e. The van der Waals surface area contributed by atoms with Gasteiger partial charge in [0.15, 0.2) is 0 Å². The number of hydrogen-bond acceptors (Lipinski definition) is 1. The van der Waals surface area contributed by atoms with Gasteiger partial charge >= 0.3 is 6.26 Å². The van der Waals surface area contributed by atoms with Crippen LogP contribution in [0.5, 0.6) is 0 Å². The number of hydrogen-bond donors (Lipinski definition) is 0. The standard InChI is InChI=1S/C16H22BCl2NSi/c1-16(2,3)21(4,5)20-12-6-7-15(17(20)19)13-8-10-14(18)11-9-13/h6-12H,1-5H3. The summed E-state index contributed by atoms with van der Waals surface area (Å²) in [5, 5.41) is 0.991. The summed E-state index contributed by atoms with van der Waals surface area (Å²) in [6.45, 7) is 11.7. The molecule has 0 radical (unpaired) electrons. The predicted octanol–water partition coefficient (Wildman–Crippen LogP) is 5.82. The van der Waals surface area contributed by atoms with Gasteiger partial charge in [0, 0.05) is 5.02 Å². The molecule has 0 atom stereocenters. The molecule has 0 saturated heterocycles. The molecule has 1 aliphatic rings. The van der Waals surface area contributed by atoms with E-state index in [1.54, 1.807) is 0 Å². The van der Waals surface area contributed by atoms with Crippen molar-refractivity contribution < 1.29 is 0 Å². The van der Waals surface area contributed by atoms with Gasteiger partial charge in [-0.15, -0.1) is 0 Å². The number of halogens is 2. The second-order valence-electron chi connectivity index (χ2n) is 7.02. The summed E-state index contributed by atoms with van der Waals surface area (Å²) >= 11 is 12.8. The molecule has 2 rings (SSSR count). The Bertz CT molecular complexity index is 573. The van der Waals surface area contributed by atoms with Crippen molar-refractivity contribution in [1.82, 2.24) is 4.48 Å². The quantitative estimate of drug-likeness (QED) is 0.614. The Labute approximate surface area is 139 Å². The SMILES string of the molecule is CC(C)(C)[Si](C)(C)N1C=CC=C(c2ccc(Cl)cc2)B1Cl. The van der Waals surface area contributed by atoms with Gasteiger partial charge in [0.25, 0.3) is 0 Å². The maximum atomic E-state index is 6.82. The van der Waals surface area contributed by atoms with E-state index in [1.165, 1.54) is 0 Å². The van der Waals surface area contributed by atoms with Crippen LogP contribution in [0.4, 0.5) is 0 Å². The predicted molar refractivity (Wildman–Crippen MR) is 99.2 cm³/mol. The average molecular weight is 338 g/mol. The molecule has 0 aromatic heterocycles. The fourth-order valence-electron chi connectivity index (χ4n) is 2.28. The zero-order valence-electron chi connectivity index (χ0n) is 13.3. The monoisotopic (exact) mass is 337 g/mol. The van der Waals surface area contributed by atoms with E-state index in [9.17, 15) is 0 Å². The molecule has 0 bridgehead atoms. The van der Waals surface area contributed by atoms with Crippen molar-refractivity contribution in [3.05, 3.63) is 53.2 Å². The number of allylic oxidation sites excluding steroid dienone is 2. The Balaban J connectivity index is 2.35. The Morgan fingerprint density at radius 2 is 1.67 bits per heavy atom. The van der Waals surface area contributed by atoms with Crippen LogP contribution >= 0.6 is 23.1 Å². The summed E-state index contributed by atoms with van der Waals surface area (Å²) in [4.78, 5) is 0. The van der Waals surface area contributed by atoms with Gasteiger partial charge in [0.2, 0.25) is 0 Å². The van der Waals surface area contributed by atoms with Gasteiger partial charge in [-0.05, 0) is 40.5 Å². The normalized spacial score (nSPS) is 16.2. The van der Waals surface area contributed by atoms with E-state index >= 15 is 0 Å². The minimum absolute atomic E-state index is 0.128. The molecule has 112 valence electrons. The Morgan fingerprint density at radius 3 is 2.19 bits per heavy atom. The first-order chi connectivity index (χ1) is 9.64. The number of nitrogens with zero attached hydrogens (tertiary/aromatic N) is 1. The fraction of sp³-hybridized carbons (Fsp3) is 0.375. The molecular formula is C16H22BCl2NSi. The van der Waals surface area contributed by atoms with Crippen molar-refractivity contribution in [2.75, 3.05) is 0 Å². The van der Waals surface area contributed by atoms with E-state index in [0.29, 0.717) is 0 Å². The van der Waals surface area contributed by atoms with Crippen molar-refractivity contribution in [1.29, 1.82) is 0 Å². The van der Waals surface area contributed by atoms with E-state index in [1.807, 2.05) is 24.3 Å². The van der Waals surface area contributed by atoms with Crippen LogP contribution in [0.3, 0.4) is 0 Å². The molecule has 21 heavy (non-hydrogen) atoms. The molecule has 0 amide bonds. The largest absolute Gasteiger partial charge is 0.431 e. The van der Waals surface area contributed by atoms with E-state index < -0.39 is 8.24 Å². The topological polar surface area (TPSA) is 3.24 Å². The molecule has 5 heteroatoms. The van der Waals surface area contributed by atoms with Crippen molar-refractivity contribution in [2.45, 2.75) is 38.9 Å². The van der Waals surface area contributed by atoms with E-state index in [2.05, 4.69) is 56.7 Å². The molecule has 1 aliphatic heterocycles. The van der Waals surface area contributed by atoms with Crippen LogP contribution in [0.2, 0.25) is 23.2 Å². The van der Waals surface area contributed by atoms with Crippen LogP contribution in [0, 0.1) is 0 Å². The third-order valence-corrected chi connectivity index (χ3v) is 10.9. The average Bonchev–Trinajstić information content (AvgIpc) is 2.38. The van der Waals surface area contributed by atoms with Gasteiger partial charge in [-0.25, -0.2) is 0 Å².